The number of phenolic OH excluding ortho intramolecular Hbond substituents is 1. The number of benzene rings is 1. The number of aromatic hydroxyl groups is 1. The normalized spacial score (nSPS) is 15.6. The molecule has 1 heterocycles. The van der Waals surface area contributed by atoms with Crippen molar-refractivity contribution in [2.75, 3.05) is 0 Å². The first-order chi connectivity index (χ1) is 10.7. The number of carboxylic acids is 1. The fourth-order valence-electron chi connectivity index (χ4n) is 2.80. The molecule has 1 aromatic carbocycles. The van der Waals surface area contributed by atoms with Crippen LogP contribution in [0.4, 0.5) is 0 Å². The molecule has 0 unspecified atom stereocenters. The highest BCUT2D eigenvalue weighted by atomic mass is 16.5. The monoisotopic (exact) mass is 302 g/mol. The number of carbonyl (C=O) groups is 1. The number of phenols is 1. The number of ether oxygens (including phenoxy) is 1. The van der Waals surface area contributed by atoms with Crippen LogP contribution in [-0.2, 0) is 0 Å². The summed E-state index contributed by atoms with van der Waals surface area (Å²) in [6.07, 6.45) is 6.70. The zero-order valence-corrected chi connectivity index (χ0v) is 12.1. The van der Waals surface area contributed by atoms with Gasteiger partial charge in [0.2, 0.25) is 0 Å². The molecular weight excluding hydrogens is 284 g/mol. The summed E-state index contributed by atoms with van der Waals surface area (Å²) in [5, 5.41) is 23.5. The molecule has 0 bridgehead atoms. The second-order valence-corrected chi connectivity index (χ2v) is 5.44. The van der Waals surface area contributed by atoms with E-state index in [0.717, 1.165) is 25.7 Å². The van der Waals surface area contributed by atoms with Crippen molar-refractivity contribution >= 4 is 5.97 Å². The first kappa shape index (κ1) is 14.4. The second-order valence-electron chi connectivity index (χ2n) is 5.44. The molecule has 3 rings (SSSR count). The standard InChI is InChI=1S/C16H18N2O4/c19-13-9-5-4-8-12(13)18-15(16(20)21)14(10-17-18)22-11-6-2-1-3-7-11/h4-5,8-11,19H,1-3,6-7H2,(H,20,21). The molecule has 0 spiro atoms. The molecule has 1 fully saturated rings. The van der Waals surface area contributed by atoms with Gasteiger partial charge in [-0.2, -0.15) is 5.10 Å². The highest BCUT2D eigenvalue weighted by Crippen LogP contribution is 2.29. The third kappa shape index (κ3) is 2.77. The lowest BCUT2D eigenvalue weighted by molar-refractivity contribution is 0.0676. The van der Waals surface area contributed by atoms with E-state index in [1.54, 1.807) is 18.2 Å². The van der Waals surface area contributed by atoms with Gasteiger partial charge in [-0.1, -0.05) is 18.6 Å². The molecule has 1 aliphatic carbocycles. The third-order valence-electron chi connectivity index (χ3n) is 3.89. The summed E-state index contributed by atoms with van der Waals surface area (Å²) < 4.78 is 7.05. The quantitative estimate of drug-likeness (QED) is 0.907. The van der Waals surface area contributed by atoms with Crippen molar-refractivity contribution in [1.82, 2.24) is 9.78 Å². The van der Waals surface area contributed by atoms with Crippen molar-refractivity contribution in [3.8, 4) is 17.2 Å². The lowest BCUT2D eigenvalue weighted by Crippen LogP contribution is -2.21. The predicted octanol–water partition coefficient (Wildman–Crippen LogP) is 2.99. The number of carboxylic acid groups (broad SMARTS) is 1. The van der Waals surface area contributed by atoms with Crippen molar-refractivity contribution in [1.29, 1.82) is 0 Å². The molecule has 6 nitrogen and oxygen atoms in total. The molecule has 1 saturated carbocycles. The van der Waals surface area contributed by atoms with E-state index >= 15 is 0 Å². The molecule has 6 heteroatoms. The number of para-hydroxylation sites is 2. The van der Waals surface area contributed by atoms with Crippen molar-refractivity contribution in [3.05, 3.63) is 36.2 Å². The lowest BCUT2D eigenvalue weighted by atomic mass is 9.98. The lowest BCUT2D eigenvalue weighted by Gasteiger charge is -2.22. The molecule has 0 atom stereocenters. The van der Waals surface area contributed by atoms with Crippen LogP contribution < -0.4 is 4.74 Å². The summed E-state index contributed by atoms with van der Waals surface area (Å²) in [7, 11) is 0. The minimum atomic E-state index is -1.13. The molecule has 2 aromatic rings. The van der Waals surface area contributed by atoms with E-state index in [9.17, 15) is 15.0 Å². The first-order valence-corrected chi connectivity index (χ1v) is 7.43. The van der Waals surface area contributed by atoms with Gasteiger partial charge in [-0.05, 0) is 37.8 Å². The van der Waals surface area contributed by atoms with Crippen LogP contribution in [0, 0.1) is 0 Å². The zero-order valence-electron chi connectivity index (χ0n) is 12.1. The maximum absolute atomic E-state index is 11.6. The van der Waals surface area contributed by atoms with Crippen molar-refractivity contribution in [2.24, 2.45) is 0 Å². The summed E-state index contributed by atoms with van der Waals surface area (Å²) in [5.41, 5.74) is 0.255. The van der Waals surface area contributed by atoms with Crippen LogP contribution in [0.2, 0.25) is 0 Å². The Bertz CT molecular complexity index is 675. The van der Waals surface area contributed by atoms with E-state index in [-0.39, 0.29) is 23.3 Å². The number of rotatable bonds is 4. The van der Waals surface area contributed by atoms with Gasteiger partial charge in [0, 0.05) is 0 Å². The van der Waals surface area contributed by atoms with Crippen molar-refractivity contribution < 1.29 is 19.7 Å². The average Bonchev–Trinajstić information content (AvgIpc) is 2.92. The molecule has 0 radical (unpaired) electrons. The van der Waals surface area contributed by atoms with Crippen LogP contribution >= 0.6 is 0 Å². The fraction of sp³-hybridized carbons (Fsp3) is 0.375. The Morgan fingerprint density at radius 2 is 1.95 bits per heavy atom. The second kappa shape index (κ2) is 6.09. The highest BCUT2D eigenvalue weighted by Gasteiger charge is 2.24. The minimum absolute atomic E-state index is 0.0303. The van der Waals surface area contributed by atoms with Crippen LogP contribution in [0.15, 0.2) is 30.5 Å². The summed E-state index contributed by atoms with van der Waals surface area (Å²) in [5.74, 6) is -0.911. The van der Waals surface area contributed by atoms with Gasteiger partial charge >= 0.3 is 5.97 Å². The van der Waals surface area contributed by atoms with Gasteiger partial charge in [0.25, 0.3) is 0 Å². The maximum atomic E-state index is 11.6. The number of nitrogens with zero attached hydrogens (tertiary/aromatic N) is 2. The molecule has 1 aliphatic rings. The van der Waals surface area contributed by atoms with Crippen LogP contribution in [0.5, 0.6) is 11.5 Å². The third-order valence-corrected chi connectivity index (χ3v) is 3.89. The van der Waals surface area contributed by atoms with Gasteiger partial charge in [0.05, 0.1) is 12.3 Å². The molecule has 0 saturated heterocycles. The van der Waals surface area contributed by atoms with Crippen molar-refractivity contribution in [3.63, 3.8) is 0 Å². The Morgan fingerprint density at radius 1 is 1.23 bits per heavy atom. The van der Waals surface area contributed by atoms with Crippen LogP contribution in [0.1, 0.15) is 42.6 Å². The summed E-state index contributed by atoms with van der Waals surface area (Å²) in [4.78, 5) is 11.6. The summed E-state index contributed by atoms with van der Waals surface area (Å²) in [6.45, 7) is 0. The van der Waals surface area contributed by atoms with Gasteiger partial charge < -0.3 is 14.9 Å². The van der Waals surface area contributed by atoms with Gasteiger partial charge in [0.1, 0.15) is 11.4 Å². The van der Waals surface area contributed by atoms with Gasteiger partial charge in [0.15, 0.2) is 11.4 Å². The average molecular weight is 302 g/mol. The topological polar surface area (TPSA) is 84.6 Å². The molecule has 0 amide bonds. The smallest absolute Gasteiger partial charge is 0.358 e. The van der Waals surface area contributed by atoms with Gasteiger partial charge in [-0.25, -0.2) is 9.48 Å². The summed E-state index contributed by atoms with van der Waals surface area (Å²) in [6, 6.07) is 6.48. The Balaban J connectivity index is 1.95. The fourth-order valence-corrected chi connectivity index (χ4v) is 2.80. The van der Waals surface area contributed by atoms with Gasteiger partial charge in [-0.15, -0.1) is 0 Å². The molecule has 0 aliphatic heterocycles. The number of aromatic nitrogens is 2. The van der Waals surface area contributed by atoms with Crippen LogP contribution in [-0.4, -0.2) is 32.1 Å². The molecule has 1 aromatic heterocycles. The van der Waals surface area contributed by atoms with Crippen LogP contribution in [0.3, 0.4) is 0 Å². The first-order valence-electron chi connectivity index (χ1n) is 7.43. The number of aromatic carboxylic acids is 1. The van der Waals surface area contributed by atoms with Gasteiger partial charge in [-0.3, -0.25) is 0 Å². The van der Waals surface area contributed by atoms with E-state index < -0.39 is 5.97 Å². The van der Waals surface area contributed by atoms with Crippen molar-refractivity contribution in [2.45, 2.75) is 38.2 Å². The summed E-state index contributed by atoms with van der Waals surface area (Å²) >= 11 is 0. The Labute approximate surface area is 128 Å². The van der Waals surface area contributed by atoms with E-state index in [4.69, 9.17) is 4.74 Å². The Morgan fingerprint density at radius 3 is 2.64 bits per heavy atom. The number of hydrogen-bond donors (Lipinski definition) is 2. The SMILES string of the molecule is O=C(O)c1c(OC2CCCCC2)cnn1-c1ccccc1O. The maximum Gasteiger partial charge on any atom is 0.358 e. The molecule has 116 valence electrons. The predicted molar refractivity (Wildman–Crippen MR) is 79.7 cm³/mol. The minimum Gasteiger partial charge on any atom is -0.506 e. The van der Waals surface area contributed by atoms with E-state index in [0.29, 0.717) is 5.69 Å². The molecule has 2 N–H and O–H groups in total. The zero-order chi connectivity index (χ0) is 15.5. The molecular formula is C16H18N2O4. The van der Waals surface area contributed by atoms with E-state index in [1.807, 2.05) is 0 Å². The Kier molecular flexibility index (Phi) is 4.00. The highest BCUT2D eigenvalue weighted by molar-refractivity contribution is 5.89. The number of hydrogen-bond acceptors (Lipinski definition) is 4. The van der Waals surface area contributed by atoms with Crippen LogP contribution in [0.25, 0.3) is 5.69 Å². The van der Waals surface area contributed by atoms with E-state index in [2.05, 4.69) is 5.10 Å². The molecule has 22 heavy (non-hydrogen) atoms. The van der Waals surface area contributed by atoms with E-state index in [1.165, 1.54) is 23.4 Å². The largest absolute Gasteiger partial charge is 0.506 e. The Hall–Kier alpha value is -2.50.